The van der Waals surface area contributed by atoms with Gasteiger partial charge >= 0.3 is 0 Å². The number of ether oxygens (including phenoxy) is 2. The van der Waals surface area contributed by atoms with Crippen LogP contribution in [0.1, 0.15) is 36.0 Å². The van der Waals surface area contributed by atoms with Crippen molar-refractivity contribution in [2.75, 3.05) is 20.3 Å². The zero-order valence-corrected chi connectivity index (χ0v) is 21.3. The predicted octanol–water partition coefficient (Wildman–Crippen LogP) is 0.818. The van der Waals surface area contributed by atoms with E-state index in [-0.39, 0.29) is 38.3 Å². The topological polar surface area (TPSA) is 146 Å². The van der Waals surface area contributed by atoms with Gasteiger partial charge in [0.2, 0.25) is 11.7 Å². The number of methoxy groups -OCH3 is 1. The van der Waals surface area contributed by atoms with Crippen LogP contribution in [0.3, 0.4) is 0 Å². The molecule has 10 nitrogen and oxygen atoms in total. The molecule has 2 aromatic carbocycles. The van der Waals surface area contributed by atoms with Gasteiger partial charge in [0.1, 0.15) is 12.2 Å². The minimum absolute atomic E-state index is 0.00449. The highest BCUT2D eigenvalue weighted by molar-refractivity contribution is 6.36. The Morgan fingerprint density at radius 3 is 2.47 bits per heavy atom. The van der Waals surface area contributed by atoms with Crippen LogP contribution in [0.25, 0.3) is 0 Å². The molecule has 0 unspecified atom stereocenters. The molecule has 2 aromatic rings. The van der Waals surface area contributed by atoms with Crippen LogP contribution in [-0.2, 0) is 27.5 Å². The SMILES string of the molecule is CCC(=O)C(=O)N(Cc1ccccc1)[C@@H]1C=C(C(=O)NCCO)[C@@H]2c3cc(CO)cc(OC)c3O[C@@H]2[C@H]1O. The van der Waals surface area contributed by atoms with E-state index in [1.54, 1.807) is 43.3 Å². The number of nitrogens with one attached hydrogen (secondary N) is 1. The summed E-state index contributed by atoms with van der Waals surface area (Å²) < 4.78 is 11.6. The van der Waals surface area contributed by atoms with Crippen LogP contribution < -0.4 is 14.8 Å². The minimum Gasteiger partial charge on any atom is -0.493 e. The summed E-state index contributed by atoms with van der Waals surface area (Å²) in [6.07, 6.45) is -0.809. The predicted molar refractivity (Wildman–Crippen MR) is 136 cm³/mol. The molecule has 1 heterocycles. The van der Waals surface area contributed by atoms with Gasteiger partial charge in [-0.1, -0.05) is 37.3 Å². The van der Waals surface area contributed by atoms with E-state index in [0.29, 0.717) is 22.6 Å². The Balaban J connectivity index is 1.84. The molecule has 1 aliphatic carbocycles. The molecule has 0 radical (unpaired) electrons. The smallest absolute Gasteiger partial charge is 0.290 e. The zero-order chi connectivity index (χ0) is 27.4. The number of aliphatic hydroxyl groups is 3. The fourth-order valence-corrected chi connectivity index (χ4v) is 5.02. The Labute approximate surface area is 220 Å². The largest absolute Gasteiger partial charge is 0.493 e. The van der Waals surface area contributed by atoms with Crippen molar-refractivity contribution in [1.82, 2.24) is 10.2 Å². The lowest BCUT2D eigenvalue weighted by Crippen LogP contribution is -2.56. The van der Waals surface area contributed by atoms with Gasteiger partial charge in [-0.2, -0.15) is 0 Å². The Hall–Kier alpha value is -3.73. The van der Waals surface area contributed by atoms with Crippen molar-refractivity contribution >= 4 is 17.6 Å². The first-order valence-electron chi connectivity index (χ1n) is 12.5. The maximum Gasteiger partial charge on any atom is 0.290 e. The second-order valence-corrected chi connectivity index (χ2v) is 9.21. The molecule has 2 aliphatic rings. The number of benzene rings is 2. The molecular weight excluding hydrogens is 492 g/mol. The highest BCUT2D eigenvalue weighted by Crippen LogP contribution is 2.51. The lowest BCUT2D eigenvalue weighted by Gasteiger charge is -2.40. The van der Waals surface area contributed by atoms with Crippen molar-refractivity contribution in [2.45, 2.75) is 50.7 Å². The van der Waals surface area contributed by atoms with E-state index in [2.05, 4.69) is 5.32 Å². The van der Waals surface area contributed by atoms with E-state index in [0.717, 1.165) is 5.56 Å². The van der Waals surface area contributed by atoms with Crippen LogP contribution in [0.4, 0.5) is 0 Å². The maximum atomic E-state index is 13.3. The molecular formula is C28H32N2O8. The number of ketones is 1. The third kappa shape index (κ3) is 5.15. The standard InChI is InChI=1S/C28H32N2O8/c1-3-21(33)28(36)30(14-16-7-5-4-6-8-16)20-13-19(27(35)29-9-10-31)23-18-11-17(15-32)12-22(37-2)25(18)38-26(23)24(20)34/h4-8,11-13,20,23-24,26,31-32,34H,3,9-10,14-15H2,1-2H3,(H,29,35)/t20-,23+,24+,26+/m1/s1. The van der Waals surface area contributed by atoms with E-state index in [1.165, 1.54) is 18.1 Å². The summed E-state index contributed by atoms with van der Waals surface area (Å²) in [6.45, 7) is 1.05. The third-order valence-corrected chi connectivity index (χ3v) is 6.87. The quantitative estimate of drug-likeness (QED) is 0.334. The molecule has 0 fully saturated rings. The van der Waals surface area contributed by atoms with Crippen LogP contribution in [-0.4, -0.2) is 76.3 Å². The van der Waals surface area contributed by atoms with Crippen molar-refractivity contribution in [1.29, 1.82) is 0 Å². The fraction of sp³-hybridized carbons (Fsp3) is 0.393. The molecule has 0 spiro atoms. The van der Waals surface area contributed by atoms with E-state index >= 15 is 0 Å². The van der Waals surface area contributed by atoms with Crippen LogP contribution in [0.5, 0.6) is 11.5 Å². The van der Waals surface area contributed by atoms with Crippen LogP contribution in [0.15, 0.2) is 54.1 Å². The third-order valence-electron chi connectivity index (χ3n) is 6.87. The van der Waals surface area contributed by atoms with Gasteiger partial charge in [-0.25, -0.2) is 0 Å². The average molecular weight is 525 g/mol. The number of fused-ring (bicyclic) bond motifs is 3. The molecule has 202 valence electrons. The van der Waals surface area contributed by atoms with Gasteiger partial charge in [0.25, 0.3) is 5.91 Å². The number of aliphatic hydroxyl groups excluding tert-OH is 3. The lowest BCUT2D eigenvalue weighted by atomic mass is 9.77. The summed E-state index contributed by atoms with van der Waals surface area (Å²) in [5, 5.41) is 33.3. The monoisotopic (exact) mass is 524 g/mol. The molecule has 2 amide bonds. The number of Topliss-reactive ketones (excluding diaryl/α,β-unsaturated/α-hetero) is 1. The van der Waals surface area contributed by atoms with Gasteiger partial charge in [-0.15, -0.1) is 0 Å². The number of nitrogens with zero attached hydrogens (tertiary/aromatic N) is 1. The molecule has 0 aromatic heterocycles. The van der Waals surface area contributed by atoms with Gasteiger partial charge in [0, 0.05) is 30.6 Å². The highest BCUT2D eigenvalue weighted by atomic mass is 16.5. The maximum absolute atomic E-state index is 13.3. The van der Waals surface area contributed by atoms with Crippen molar-refractivity contribution in [2.24, 2.45) is 0 Å². The van der Waals surface area contributed by atoms with E-state index in [1.807, 2.05) is 6.07 Å². The van der Waals surface area contributed by atoms with Crippen LogP contribution in [0, 0.1) is 0 Å². The summed E-state index contributed by atoms with van der Waals surface area (Å²) in [6, 6.07) is 11.3. The van der Waals surface area contributed by atoms with Gasteiger partial charge < -0.3 is 35.0 Å². The summed E-state index contributed by atoms with van der Waals surface area (Å²) in [7, 11) is 1.45. The minimum atomic E-state index is -1.30. The number of hydrogen-bond acceptors (Lipinski definition) is 8. The van der Waals surface area contributed by atoms with Crippen molar-refractivity contribution < 1.29 is 39.2 Å². The Bertz CT molecular complexity index is 1230. The Morgan fingerprint density at radius 2 is 1.84 bits per heavy atom. The van der Waals surface area contributed by atoms with Crippen LogP contribution in [0.2, 0.25) is 0 Å². The Morgan fingerprint density at radius 1 is 1.11 bits per heavy atom. The molecule has 4 rings (SSSR count). The molecule has 0 bridgehead atoms. The molecule has 4 N–H and O–H groups in total. The summed E-state index contributed by atoms with van der Waals surface area (Å²) in [5.74, 6) is -2.00. The zero-order valence-electron chi connectivity index (χ0n) is 21.3. The normalized spacial score (nSPS) is 21.4. The molecule has 38 heavy (non-hydrogen) atoms. The van der Waals surface area contributed by atoms with Gasteiger partial charge in [0.15, 0.2) is 11.5 Å². The van der Waals surface area contributed by atoms with Gasteiger partial charge in [-0.3, -0.25) is 14.4 Å². The molecule has 0 saturated carbocycles. The average Bonchev–Trinajstić information content (AvgIpc) is 3.34. The first-order chi connectivity index (χ1) is 18.3. The summed E-state index contributed by atoms with van der Waals surface area (Å²) in [5.41, 5.74) is 2.03. The fourth-order valence-electron chi connectivity index (χ4n) is 5.02. The number of rotatable bonds is 10. The number of amides is 2. The first kappa shape index (κ1) is 27.3. The molecule has 10 heteroatoms. The van der Waals surface area contributed by atoms with E-state index < -0.39 is 41.8 Å². The molecule has 0 saturated heterocycles. The second-order valence-electron chi connectivity index (χ2n) is 9.21. The van der Waals surface area contributed by atoms with Crippen molar-refractivity contribution in [3.63, 3.8) is 0 Å². The Kier molecular flexibility index (Phi) is 8.45. The lowest BCUT2D eigenvalue weighted by molar-refractivity contribution is -0.148. The summed E-state index contributed by atoms with van der Waals surface area (Å²) >= 11 is 0. The number of hydrogen-bond donors (Lipinski definition) is 4. The number of carbonyl (C=O) groups excluding carboxylic acids is 3. The van der Waals surface area contributed by atoms with E-state index in [9.17, 15) is 29.7 Å². The summed E-state index contributed by atoms with van der Waals surface area (Å²) in [4.78, 5) is 40.4. The second kappa shape index (κ2) is 11.8. The first-order valence-corrected chi connectivity index (χ1v) is 12.5. The highest BCUT2D eigenvalue weighted by Gasteiger charge is 2.51. The van der Waals surface area contributed by atoms with E-state index in [4.69, 9.17) is 9.47 Å². The van der Waals surface area contributed by atoms with Crippen LogP contribution >= 0.6 is 0 Å². The molecule has 1 aliphatic heterocycles. The van der Waals surface area contributed by atoms with Crippen molar-refractivity contribution in [3.8, 4) is 11.5 Å². The number of carbonyl (C=O) groups is 3. The van der Waals surface area contributed by atoms with Gasteiger partial charge in [-0.05, 0) is 29.3 Å². The van der Waals surface area contributed by atoms with Crippen molar-refractivity contribution in [3.05, 3.63) is 70.8 Å². The van der Waals surface area contributed by atoms with Gasteiger partial charge in [0.05, 0.1) is 32.3 Å². The molecule has 4 atom stereocenters.